The van der Waals surface area contributed by atoms with E-state index < -0.39 is 23.8 Å². The fourth-order valence-corrected chi connectivity index (χ4v) is 2.82. The summed E-state index contributed by atoms with van der Waals surface area (Å²) >= 11 is 0. The largest absolute Gasteiger partial charge is 0.502 e. The smallest absolute Gasteiger partial charge is 0.231 e. The number of pyridine rings is 1. The van der Waals surface area contributed by atoms with Crippen molar-refractivity contribution in [2.45, 2.75) is 12.6 Å². The van der Waals surface area contributed by atoms with E-state index in [0.717, 1.165) is 6.07 Å². The zero-order chi connectivity index (χ0) is 18.8. The highest BCUT2D eigenvalue weighted by Gasteiger charge is 2.26. The molecule has 0 saturated carbocycles. The molecule has 138 valence electrons. The van der Waals surface area contributed by atoms with Crippen LogP contribution in [-0.2, 0) is 6.61 Å². The van der Waals surface area contributed by atoms with Gasteiger partial charge in [-0.1, -0.05) is 12.1 Å². The summed E-state index contributed by atoms with van der Waals surface area (Å²) in [6.45, 7) is -0.350. The first kappa shape index (κ1) is 16.9. The van der Waals surface area contributed by atoms with Crippen LogP contribution in [-0.4, -0.2) is 22.0 Å². The van der Waals surface area contributed by atoms with Gasteiger partial charge in [0.2, 0.25) is 18.0 Å². The summed E-state index contributed by atoms with van der Waals surface area (Å²) < 4.78 is 16.3. The molecule has 27 heavy (non-hydrogen) atoms. The highest BCUT2D eigenvalue weighted by Crippen LogP contribution is 2.38. The summed E-state index contributed by atoms with van der Waals surface area (Å²) in [5.41, 5.74) is 0.00677. The number of hydrogen-bond acceptors (Lipinski definition) is 8. The van der Waals surface area contributed by atoms with Crippen molar-refractivity contribution in [3.05, 3.63) is 76.0 Å². The maximum Gasteiger partial charge on any atom is 0.231 e. The number of aliphatic hydroxyl groups excluding tert-OH is 1. The molecule has 0 radical (unpaired) electrons. The first-order chi connectivity index (χ1) is 13.2. The van der Waals surface area contributed by atoms with Crippen molar-refractivity contribution in [1.29, 1.82) is 0 Å². The molecule has 0 bridgehead atoms. The van der Waals surface area contributed by atoms with Crippen LogP contribution in [0.15, 0.2) is 57.9 Å². The lowest BCUT2D eigenvalue weighted by molar-refractivity contribution is 0.174. The average molecular weight is 368 g/mol. The van der Waals surface area contributed by atoms with Gasteiger partial charge in [-0.3, -0.25) is 4.79 Å². The summed E-state index contributed by atoms with van der Waals surface area (Å²) in [4.78, 5) is 16.3. The number of aliphatic hydroxyl groups is 1. The predicted molar refractivity (Wildman–Crippen MR) is 94.8 cm³/mol. The van der Waals surface area contributed by atoms with Gasteiger partial charge in [0.15, 0.2) is 17.3 Å². The Balaban J connectivity index is 1.84. The summed E-state index contributed by atoms with van der Waals surface area (Å²) in [7, 11) is 0. The second-order valence-electron chi connectivity index (χ2n) is 5.85. The third-order valence-corrected chi connectivity index (χ3v) is 4.11. The van der Waals surface area contributed by atoms with Gasteiger partial charge in [0, 0.05) is 12.3 Å². The van der Waals surface area contributed by atoms with Crippen LogP contribution in [0.5, 0.6) is 17.2 Å². The number of fused-ring (bicyclic) bond motifs is 1. The van der Waals surface area contributed by atoms with Crippen LogP contribution in [0.3, 0.4) is 0 Å². The third kappa shape index (κ3) is 3.30. The molecule has 1 aliphatic heterocycles. The summed E-state index contributed by atoms with van der Waals surface area (Å²) in [5, 5.41) is 22.8. The van der Waals surface area contributed by atoms with Gasteiger partial charge in [0.25, 0.3) is 0 Å². The molecule has 1 aromatic carbocycles. The van der Waals surface area contributed by atoms with E-state index in [2.05, 4.69) is 10.3 Å². The van der Waals surface area contributed by atoms with E-state index >= 15 is 0 Å². The van der Waals surface area contributed by atoms with E-state index in [9.17, 15) is 15.0 Å². The Morgan fingerprint density at radius 1 is 1.15 bits per heavy atom. The Morgan fingerprint density at radius 3 is 2.78 bits per heavy atom. The van der Waals surface area contributed by atoms with Crippen LogP contribution in [0.1, 0.15) is 23.1 Å². The van der Waals surface area contributed by atoms with Crippen LogP contribution in [0.2, 0.25) is 0 Å². The van der Waals surface area contributed by atoms with Gasteiger partial charge in [0.05, 0.1) is 0 Å². The van der Waals surface area contributed by atoms with E-state index in [4.69, 9.17) is 13.9 Å². The van der Waals surface area contributed by atoms with Crippen molar-refractivity contribution in [3.8, 4) is 17.2 Å². The Morgan fingerprint density at radius 2 is 2.00 bits per heavy atom. The van der Waals surface area contributed by atoms with Crippen molar-refractivity contribution in [2.75, 3.05) is 12.1 Å². The molecule has 1 aliphatic rings. The first-order valence-electron chi connectivity index (χ1n) is 8.19. The lowest BCUT2D eigenvalue weighted by Crippen LogP contribution is -2.17. The molecule has 3 aromatic rings. The monoisotopic (exact) mass is 368 g/mol. The number of nitrogens with zero attached hydrogens (tertiary/aromatic N) is 1. The molecule has 1 unspecified atom stereocenters. The number of aromatic hydroxyl groups is 1. The number of hydrogen-bond donors (Lipinski definition) is 3. The maximum absolute atomic E-state index is 12.1. The van der Waals surface area contributed by atoms with Crippen molar-refractivity contribution in [3.63, 3.8) is 0 Å². The molecule has 8 nitrogen and oxygen atoms in total. The summed E-state index contributed by atoms with van der Waals surface area (Å²) in [6.07, 6.45) is 1.61. The number of rotatable bonds is 5. The number of benzene rings is 1. The number of nitrogens with one attached hydrogen (secondary N) is 1. The van der Waals surface area contributed by atoms with Crippen molar-refractivity contribution >= 4 is 5.82 Å². The van der Waals surface area contributed by atoms with E-state index in [-0.39, 0.29) is 18.3 Å². The van der Waals surface area contributed by atoms with E-state index in [0.29, 0.717) is 22.9 Å². The second-order valence-corrected chi connectivity index (χ2v) is 5.85. The standard InChI is InChI=1S/C19H16N2O6/c22-9-12-8-13(23)18(24)19(27-12)17(21-16-3-1-2-6-20-16)11-4-5-14-15(7-11)26-10-25-14/h1-8,17,22,24H,9-10H2,(H,20,21). The molecule has 2 aromatic heterocycles. The minimum absolute atomic E-state index is 0.0314. The molecule has 8 heteroatoms. The second kappa shape index (κ2) is 7.00. The molecule has 4 rings (SSSR count). The third-order valence-electron chi connectivity index (χ3n) is 4.11. The van der Waals surface area contributed by atoms with Crippen molar-refractivity contribution in [1.82, 2.24) is 4.98 Å². The Bertz CT molecular complexity index is 1020. The van der Waals surface area contributed by atoms with Crippen LogP contribution in [0.4, 0.5) is 5.82 Å². The lowest BCUT2D eigenvalue weighted by Gasteiger charge is -2.20. The number of ether oxygens (including phenoxy) is 2. The molecular formula is C19H16N2O6. The number of anilines is 1. The SMILES string of the molecule is O=c1cc(CO)oc(C(Nc2ccccn2)c2ccc3c(c2)OCO3)c1O. The van der Waals surface area contributed by atoms with Crippen molar-refractivity contribution in [2.24, 2.45) is 0 Å². The summed E-state index contributed by atoms with van der Waals surface area (Å²) in [5.74, 6) is 1.12. The average Bonchev–Trinajstić information content (AvgIpc) is 3.17. The maximum atomic E-state index is 12.1. The predicted octanol–water partition coefficient (Wildman–Crippen LogP) is 2.16. The van der Waals surface area contributed by atoms with E-state index in [1.165, 1.54) is 0 Å². The molecule has 3 heterocycles. The minimum atomic E-state index is -0.756. The normalized spacial score (nSPS) is 13.4. The minimum Gasteiger partial charge on any atom is -0.502 e. The van der Waals surface area contributed by atoms with Gasteiger partial charge in [-0.15, -0.1) is 0 Å². The highest BCUT2D eigenvalue weighted by atomic mass is 16.7. The lowest BCUT2D eigenvalue weighted by atomic mass is 10.0. The Labute approximate surface area is 153 Å². The van der Waals surface area contributed by atoms with E-state index in [1.807, 2.05) is 0 Å². The fraction of sp³-hybridized carbons (Fsp3) is 0.158. The molecule has 0 amide bonds. The molecule has 0 aliphatic carbocycles. The first-order valence-corrected chi connectivity index (χ1v) is 8.19. The van der Waals surface area contributed by atoms with Crippen LogP contribution < -0.4 is 20.2 Å². The Kier molecular flexibility index (Phi) is 4.39. The van der Waals surface area contributed by atoms with Gasteiger partial charge in [-0.2, -0.15) is 0 Å². The number of aromatic nitrogens is 1. The zero-order valence-corrected chi connectivity index (χ0v) is 14.1. The zero-order valence-electron chi connectivity index (χ0n) is 14.1. The quantitative estimate of drug-likeness (QED) is 0.628. The van der Waals surface area contributed by atoms with Gasteiger partial charge in [0.1, 0.15) is 24.2 Å². The molecule has 3 N–H and O–H groups in total. The van der Waals surface area contributed by atoms with Crippen LogP contribution in [0.25, 0.3) is 0 Å². The van der Waals surface area contributed by atoms with Crippen LogP contribution in [0, 0.1) is 0 Å². The van der Waals surface area contributed by atoms with Crippen molar-refractivity contribution < 1.29 is 24.1 Å². The van der Waals surface area contributed by atoms with Gasteiger partial charge in [-0.25, -0.2) is 4.98 Å². The summed E-state index contributed by atoms with van der Waals surface area (Å²) in [6, 6.07) is 10.8. The molecule has 0 spiro atoms. The van der Waals surface area contributed by atoms with Gasteiger partial charge >= 0.3 is 0 Å². The Hall–Kier alpha value is -3.52. The van der Waals surface area contributed by atoms with Gasteiger partial charge < -0.3 is 29.4 Å². The topological polar surface area (TPSA) is 114 Å². The highest BCUT2D eigenvalue weighted by molar-refractivity contribution is 5.51. The van der Waals surface area contributed by atoms with Gasteiger partial charge in [-0.05, 0) is 29.8 Å². The van der Waals surface area contributed by atoms with E-state index in [1.54, 1.807) is 42.6 Å². The molecule has 1 atom stereocenters. The molecule has 0 saturated heterocycles. The molecule has 0 fully saturated rings. The van der Waals surface area contributed by atoms with Crippen LogP contribution >= 0.6 is 0 Å². The molecular weight excluding hydrogens is 352 g/mol. The fourth-order valence-electron chi connectivity index (χ4n) is 2.82.